The zero-order valence-electron chi connectivity index (χ0n) is 15.1. The predicted octanol–water partition coefficient (Wildman–Crippen LogP) is 4.18. The summed E-state index contributed by atoms with van der Waals surface area (Å²) in [5.41, 5.74) is 1.22. The average molecular weight is 438 g/mol. The Kier molecular flexibility index (Phi) is 9.12. The van der Waals surface area contributed by atoms with Crippen LogP contribution in [0.2, 0.25) is 0 Å². The van der Waals surface area contributed by atoms with Crippen molar-refractivity contribution in [3.05, 3.63) is 70.8 Å². The molecule has 3 N–H and O–H groups in total. The number of hydrazine groups is 1. The van der Waals surface area contributed by atoms with Gasteiger partial charge in [0.05, 0.1) is 11.1 Å². The van der Waals surface area contributed by atoms with E-state index in [4.69, 9.17) is 5.84 Å². The van der Waals surface area contributed by atoms with Crippen LogP contribution in [0.3, 0.4) is 0 Å². The van der Waals surface area contributed by atoms with Gasteiger partial charge in [0.25, 0.3) is 6.47 Å². The van der Waals surface area contributed by atoms with Crippen molar-refractivity contribution >= 4 is 12.6 Å². The van der Waals surface area contributed by atoms with E-state index < -0.39 is 29.6 Å². The van der Waals surface area contributed by atoms with E-state index in [9.17, 15) is 35.9 Å². The molecule has 0 aliphatic heterocycles. The third-order valence-corrected chi connectivity index (χ3v) is 3.37. The number of halogens is 6. The van der Waals surface area contributed by atoms with Crippen LogP contribution in [0.4, 0.5) is 31.1 Å². The first-order valence-corrected chi connectivity index (χ1v) is 7.98. The number of alkyl halides is 6. The Bertz CT molecular complexity index is 805. The molecule has 0 bridgehead atoms. The summed E-state index contributed by atoms with van der Waals surface area (Å²) in [5.74, 6) is 4.74. The number of amides is 1. The summed E-state index contributed by atoms with van der Waals surface area (Å²) in [5, 5.41) is 0. The molecule has 0 heterocycles. The van der Waals surface area contributed by atoms with Gasteiger partial charge in [0.2, 0.25) is 0 Å². The number of nitrogens with two attached hydrogens (primary N) is 1. The van der Waals surface area contributed by atoms with Gasteiger partial charge in [0.15, 0.2) is 0 Å². The van der Waals surface area contributed by atoms with Crippen LogP contribution in [0.1, 0.15) is 22.3 Å². The number of carbonyl (C=O) groups is 2. The van der Waals surface area contributed by atoms with Gasteiger partial charge in [-0.1, -0.05) is 24.3 Å². The van der Waals surface area contributed by atoms with Crippen molar-refractivity contribution in [2.24, 2.45) is 5.84 Å². The molecule has 30 heavy (non-hydrogen) atoms. The minimum absolute atomic E-state index is 0.0123. The van der Waals surface area contributed by atoms with Crippen LogP contribution < -0.4 is 11.3 Å². The van der Waals surface area contributed by atoms with Gasteiger partial charge in [0.1, 0.15) is 13.2 Å². The second-order valence-corrected chi connectivity index (χ2v) is 5.52. The van der Waals surface area contributed by atoms with Crippen LogP contribution in [0.5, 0.6) is 0 Å². The number of ether oxygens (including phenoxy) is 2. The van der Waals surface area contributed by atoms with Crippen molar-refractivity contribution in [1.29, 1.82) is 0 Å². The van der Waals surface area contributed by atoms with Crippen molar-refractivity contribution in [2.45, 2.75) is 25.6 Å². The highest BCUT2D eigenvalue weighted by Gasteiger charge is 2.30. The van der Waals surface area contributed by atoms with Gasteiger partial charge in [-0.2, -0.15) is 26.3 Å². The number of nitrogens with one attached hydrogen (secondary N) is 1. The van der Waals surface area contributed by atoms with Gasteiger partial charge in [-0.25, -0.2) is 10.6 Å². The standard InChI is InChI=1S/C9H9F3N2O2.C9H7F3O2/c10-9(11,12)7-3-1-6(2-4-7)5-16-8(15)14-13;10-9(11,12)8-3-1-7(2-4-8)5-14-6-13/h1-4H,5,13H2,(H,14,15);1-4,6H,5H2. The van der Waals surface area contributed by atoms with E-state index in [-0.39, 0.29) is 19.7 Å². The van der Waals surface area contributed by atoms with Crippen LogP contribution >= 0.6 is 0 Å². The molecule has 1 amide bonds. The molecule has 6 nitrogen and oxygen atoms in total. The Hall–Kier alpha value is -3.28. The topological polar surface area (TPSA) is 90.6 Å². The fourth-order valence-electron chi connectivity index (χ4n) is 1.90. The van der Waals surface area contributed by atoms with E-state index >= 15 is 0 Å². The molecule has 0 aliphatic carbocycles. The normalized spacial score (nSPS) is 11.0. The highest BCUT2D eigenvalue weighted by Crippen LogP contribution is 2.29. The molecule has 0 unspecified atom stereocenters. The molecule has 2 aromatic rings. The van der Waals surface area contributed by atoms with Crippen LogP contribution in [-0.4, -0.2) is 12.6 Å². The quantitative estimate of drug-likeness (QED) is 0.240. The number of rotatable bonds is 5. The van der Waals surface area contributed by atoms with Gasteiger partial charge >= 0.3 is 18.4 Å². The zero-order chi connectivity index (χ0) is 22.8. The van der Waals surface area contributed by atoms with E-state index in [1.807, 2.05) is 0 Å². The Morgan fingerprint density at radius 3 is 1.57 bits per heavy atom. The van der Waals surface area contributed by atoms with E-state index in [0.29, 0.717) is 11.1 Å². The highest BCUT2D eigenvalue weighted by atomic mass is 19.4. The lowest BCUT2D eigenvalue weighted by Crippen LogP contribution is -2.30. The first kappa shape index (κ1) is 24.8. The van der Waals surface area contributed by atoms with Crippen LogP contribution in [-0.2, 0) is 39.8 Å². The lowest BCUT2D eigenvalue weighted by Gasteiger charge is -2.07. The largest absolute Gasteiger partial charge is 0.463 e. The van der Waals surface area contributed by atoms with Crippen molar-refractivity contribution in [1.82, 2.24) is 5.43 Å². The lowest BCUT2D eigenvalue weighted by atomic mass is 10.1. The third kappa shape index (κ3) is 8.82. The van der Waals surface area contributed by atoms with Crippen LogP contribution in [0, 0.1) is 0 Å². The Morgan fingerprint density at radius 1 is 0.833 bits per heavy atom. The SMILES string of the molecule is NNC(=O)OCc1ccc(C(F)(F)F)cc1.O=COCc1ccc(C(F)(F)F)cc1. The number of hydrogen-bond donors (Lipinski definition) is 2. The predicted molar refractivity (Wildman–Crippen MR) is 91.2 cm³/mol. The van der Waals surface area contributed by atoms with Gasteiger partial charge in [-0.15, -0.1) is 0 Å². The first-order chi connectivity index (χ1) is 14.0. The number of hydrogen-bond acceptors (Lipinski definition) is 5. The highest BCUT2D eigenvalue weighted by molar-refractivity contribution is 5.66. The Balaban J connectivity index is 0.000000303. The molecule has 0 saturated heterocycles. The fourth-order valence-corrected chi connectivity index (χ4v) is 1.90. The van der Waals surface area contributed by atoms with E-state index in [1.54, 1.807) is 5.43 Å². The molecule has 0 fully saturated rings. The minimum Gasteiger partial charge on any atom is -0.463 e. The number of carbonyl (C=O) groups excluding carboxylic acids is 2. The zero-order valence-corrected chi connectivity index (χ0v) is 15.1. The van der Waals surface area contributed by atoms with Gasteiger partial charge in [-0.3, -0.25) is 10.2 Å². The number of benzene rings is 2. The summed E-state index contributed by atoms with van der Waals surface area (Å²) in [6.45, 7) is 0.0977. The maximum atomic E-state index is 12.2. The molecule has 2 rings (SSSR count). The average Bonchev–Trinajstić information content (AvgIpc) is 2.70. The van der Waals surface area contributed by atoms with Crippen molar-refractivity contribution in [2.75, 3.05) is 0 Å². The summed E-state index contributed by atoms with van der Waals surface area (Å²) in [6.07, 6.45) is -9.54. The lowest BCUT2D eigenvalue weighted by molar-refractivity contribution is -0.138. The molecule has 0 aromatic heterocycles. The summed E-state index contributed by atoms with van der Waals surface area (Å²) in [4.78, 5) is 20.4. The third-order valence-electron chi connectivity index (χ3n) is 3.37. The fraction of sp³-hybridized carbons (Fsp3) is 0.222. The second-order valence-electron chi connectivity index (χ2n) is 5.52. The summed E-state index contributed by atoms with van der Waals surface area (Å²) in [6, 6.07) is 8.73. The molecule has 2 aromatic carbocycles. The molecule has 0 spiro atoms. The van der Waals surface area contributed by atoms with E-state index in [0.717, 1.165) is 24.3 Å². The van der Waals surface area contributed by atoms with E-state index in [2.05, 4.69) is 9.47 Å². The molecule has 164 valence electrons. The Morgan fingerprint density at radius 2 is 1.23 bits per heavy atom. The van der Waals surface area contributed by atoms with Crippen LogP contribution in [0.25, 0.3) is 0 Å². The summed E-state index contributed by atoms with van der Waals surface area (Å²) >= 11 is 0. The van der Waals surface area contributed by atoms with Crippen LogP contribution in [0.15, 0.2) is 48.5 Å². The molecular weight excluding hydrogens is 422 g/mol. The summed E-state index contributed by atoms with van der Waals surface area (Å²) < 4.78 is 81.7. The second kappa shape index (κ2) is 11.0. The van der Waals surface area contributed by atoms with Crippen molar-refractivity contribution in [3.8, 4) is 0 Å². The van der Waals surface area contributed by atoms with Crippen molar-refractivity contribution in [3.63, 3.8) is 0 Å². The molecule has 0 radical (unpaired) electrons. The first-order valence-electron chi connectivity index (χ1n) is 7.98. The summed E-state index contributed by atoms with van der Waals surface area (Å²) in [7, 11) is 0. The van der Waals surface area contributed by atoms with Gasteiger partial charge < -0.3 is 9.47 Å². The molecule has 12 heteroatoms. The molecule has 0 aliphatic rings. The van der Waals surface area contributed by atoms with Gasteiger partial charge in [-0.05, 0) is 35.4 Å². The minimum atomic E-state index is -4.37. The van der Waals surface area contributed by atoms with E-state index in [1.165, 1.54) is 24.3 Å². The molecule has 0 atom stereocenters. The maximum Gasteiger partial charge on any atom is 0.421 e. The monoisotopic (exact) mass is 438 g/mol. The molecular formula is C18H16F6N2O4. The maximum absolute atomic E-state index is 12.2. The Labute approximate surface area is 166 Å². The molecule has 0 saturated carbocycles. The van der Waals surface area contributed by atoms with Gasteiger partial charge in [0, 0.05) is 0 Å². The smallest absolute Gasteiger partial charge is 0.421 e. The van der Waals surface area contributed by atoms with Crippen molar-refractivity contribution < 1.29 is 45.4 Å².